The monoisotopic (exact) mass is 654 g/mol. The van der Waals surface area contributed by atoms with Gasteiger partial charge in [-0.1, -0.05) is 121 Å². The molecule has 0 aliphatic heterocycles. The van der Waals surface area contributed by atoms with E-state index in [9.17, 15) is 0 Å². The van der Waals surface area contributed by atoms with Crippen LogP contribution in [0, 0.1) is 0 Å². The number of furan rings is 1. The van der Waals surface area contributed by atoms with Crippen LogP contribution < -0.4 is 4.90 Å². The van der Waals surface area contributed by atoms with E-state index in [4.69, 9.17) is 13.8 Å². The van der Waals surface area contributed by atoms with Gasteiger partial charge in [0.25, 0.3) is 0 Å². The Kier molecular flexibility index (Phi) is 6.78. The standard InChI is InChI=1S/C47H30N2O2/c1-4-12-31(13-5-1)32-20-22-35(23-21-32)49(43-27-26-37(33-14-6-2-7-15-33)38-18-10-11-19-39(38)43)36-24-25-40-41-29-42-46(30-45(41)50-44(40)28-36)51-47(48-42)34-16-8-3-9-17-34/h1-30H. The van der Waals surface area contributed by atoms with Crippen molar-refractivity contribution in [2.75, 3.05) is 4.90 Å². The minimum atomic E-state index is 0.601. The number of aromatic nitrogens is 1. The molecule has 51 heavy (non-hydrogen) atoms. The SMILES string of the molecule is c1ccc(-c2ccc(N(c3ccc4c(c3)oc3cc5oc(-c6ccccc6)nc5cc34)c3ccc(-c4ccccc4)c4ccccc34)cc2)cc1. The Bertz CT molecular complexity index is 2840. The van der Waals surface area contributed by atoms with Gasteiger partial charge in [0, 0.05) is 45.2 Å². The molecule has 4 nitrogen and oxygen atoms in total. The fourth-order valence-corrected chi connectivity index (χ4v) is 7.24. The van der Waals surface area contributed by atoms with Crippen molar-refractivity contribution in [1.82, 2.24) is 4.98 Å². The highest BCUT2D eigenvalue weighted by Crippen LogP contribution is 2.44. The minimum absolute atomic E-state index is 0.601. The largest absolute Gasteiger partial charge is 0.456 e. The van der Waals surface area contributed by atoms with E-state index in [0.29, 0.717) is 11.5 Å². The third-order valence-electron chi connectivity index (χ3n) is 9.70. The maximum atomic E-state index is 6.57. The van der Waals surface area contributed by atoms with Crippen molar-refractivity contribution in [3.63, 3.8) is 0 Å². The molecule has 0 spiro atoms. The van der Waals surface area contributed by atoms with Gasteiger partial charge in [0.05, 0.1) is 5.69 Å². The van der Waals surface area contributed by atoms with Gasteiger partial charge < -0.3 is 13.7 Å². The lowest BCUT2D eigenvalue weighted by Gasteiger charge is -2.27. The van der Waals surface area contributed by atoms with Crippen LogP contribution >= 0.6 is 0 Å². The molecule has 4 heteroatoms. The maximum absolute atomic E-state index is 6.57. The molecule has 0 N–H and O–H groups in total. The average molecular weight is 655 g/mol. The molecule has 0 aliphatic rings. The molecule has 0 radical (unpaired) electrons. The summed E-state index contributed by atoms with van der Waals surface area (Å²) < 4.78 is 12.7. The zero-order valence-corrected chi connectivity index (χ0v) is 27.5. The summed E-state index contributed by atoms with van der Waals surface area (Å²) in [7, 11) is 0. The number of hydrogen-bond acceptors (Lipinski definition) is 4. The molecule has 0 saturated carbocycles. The number of anilines is 3. The van der Waals surface area contributed by atoms with Crippen LogP contribution in [0.15, 0.2) is 191 Å². The predicted molar refractivity (Wildman–Crippen MR) is 210 cm³/mol. The maximum Gasteiger partial charge on any atom is 0.227 e. The molecule has 8 aromatic carbocycles. The molecular formula is C47H30N2O2. The highest BCUT2D eigenvalue weighted by atomic mass is 16.4. The third-order valence-corrected chi connectivity index (χ3v) is 9.70. The first-order chi connectivity index (χ1) is 25.3. The van der Waals surface area contributed by atoms with Gasteiger partial charge in [-0.15, -0.1) is 0 Å². The fraction of sp³-hybridized carbons (Fsp3) is 0. The summed E-state index contributed by atoms with van der Waals surface area (Å²) >= 11 is 0. The molecule has 10 rings (SSSR count). The van der Waals surface area contributed by atoms with Crippen LogP contribution in [-0.2, 0) is 0 Å². The summed E-state index contributed by atoms with van der Waals surface area (Å²) in [4.78, 5) is 7.15. The molecule has 0 amide bonds. The smallest absolute Gasteiger partial charge is 0.227 e. The lowest BCUT2D eigenvalue weighted by atomic mass is 9.96. The molecule has 240 valence electrons. The number of nitrogens with zero attached hydrogens (tertiary/aromatic N) is 2. The summed E-state index contributed by atoms with van der Waals surface area (Å²) in [6, 6.07) is 63.5. The highest BCUT2D eigenvalue weighted by molar-refractivity contribution is 6.11. The van der Waals surface area contributed by atoms with E-state index in [0.717, 1.165) is 55.5 Å². The normalized spacial score (nSPS) is 11.5. The molecule has 0 saturated heterocycles. The van der Waals surface area contributed by atoms with Crippen molar-refractivity contribution in [3.8, 4) is 33.7 Å². The second-order valence-electron chi connectivity index (χ2n) is 12.8. The zero-order chi connectivity index (χ0) is 33.7. The van der Waals surface area contributed by atoms with Gasteiger partial charge in [-0.25, -0.2) is 4.98 Å². The van der Waals surface area contributed by atoms with E-state index in [-0.39, 0.29) is 0 Å². The van der Waals surface area contributed by atoms with Crippen molar-refractivity contribution in [3.05, 3.63) is 182 Å². The van der Waals surface area contributed by atoms with E-state index in [1.165, 1.54) is 27.6 Å². The van der Waals surface area contributed by atoms with Gasteiger partial charge in [-0.3, -0.25) is 0 Å². The van der Waals surface area contributed by atoms with Gasteiger partial charge in [0.1, 0.15) is 16.7 Å². The van der Waals surface area contributed by atoms with Crippen molar-refractivity contribution >= 4 is 60.9 Å². The lowest BCUT2D eigenvalue weighted by Crippen LogP contribution is -2.10. The topological polar surface area (TPSA) is 42.4 Å². The number of benzene rings is 8. The van der Waals surface area contributed by atoms with Crippen molar-refractivity contribution in [2.24, 2.45) is 0 Å². The van der Waals surface area contributed by atoms with E-state index in [1.807, 2.05) is 42.5 Å². The lowest BCUT2D eigenvalue weighted by molar-refractivity contribution is 0.617. The summed E-state index contributed by atoms with van der Waals surface area (Å²) in [5.74, 6) is 0.601. The van der Waals surface area contributed by atoms with E-state index >= 15 is 0 Å². The molecule has 10 aromatic rings. The van der Waals surface area contributed by atoms with E-state index < -0.39 is 0 Å². The third kappa shape index (κ3) is 5.04. The van der Waals surface area contributed by atoms with Gasteiger partial charge in [0.2, 0.25) is 5.89 Å². The van der Waals surface area contributed by atoms with Crippen LogP contribution in [-0.4, -0.2) is 4.98 Å². The van der Waals surface area contributed by atoms with Gasteiger partial charge in [-0.05, 0) is 76.2 Å². The predicted octanol–water partition coefficient (Wildman–Crippen LogP) is 13.4. The Hall–Kier alpha value is -6.91. The average Bonchev–Trinajstić information content (AvgIpc) is 3.78. The molecule has 0 atom stereocenters. The van der Waals surface area contributed by atoms with Crippen molar-refractivity contribution < 1.29 is 8.83 Å². The first-order valence-electron chi connectivity index (χ1n) is 17.1. The number of rotatable bonds is 6. The van der Waals surface area contributed by atoms with Crippen molar-refractivity contribution in [2.45, 2.75) is 0 Å². The van der Waals surface area contributed by atoms with Crippen LogP contribution in [0.5, 0.6) is 0 Å². The molecule has 0 aliphatic carbocycles. The Labute approximate surface area is 294 Å². The quantitative estimate of drug-likeness (QED) is 0.179. The molecule has 2 heterocycles. The molecule has 2 aromatic heterocycles. The van der Waals surface area contributed by atoms with Gasteiger partial charge in [-0.2, -0.15) is 0 Å². The minimum Gasteiger partial charge on any atom is -0.456 e. The number of oxazole rings is 1. The molecule has 0 unspecified atom stereocenters. The summed E-state index contributed by atoms with van der Waals surface area (Å²) in [5, 5.41) is 4.40. The second-order valence-corrected chi connectivity index (χ2v) is 12.8. The van der Waals surface area contributed by atoms with E-state index in [2.05, 4.69) is 144 Å². The van der Waals surface area contributed by atoms with Crippen LogP contribution in [0.2, 0.25) is 0 Å². The van der Waals surface area contributed by atoms with Gasteiger partial charge in [0.15, 0.2) is 5.58 Å². The van der Waals surface area contributed by atoms with Crippen LogP contribution in [0.4, 0.5) is 17.1 Å². The van der Waals surface area contributed by atoms with E-state index in [1.54, 1.807) is 0 Å². The Morgan fingerprint density at radius 2 is 0.980 bits per heavy atom. The first-order valence-corrected chi connectivity index (χ1v) is 17.1. The Balaban J connectivity index is 1.13. The summed E-state index contributed by atoms with van der Waals surface area (Å²) in [5.41, 5.74) is 11.9. The highest BCUT2D eigenvalue weighted by Gasteiger charge is 2.20. The molecule has 0 fully saturated rings. The van der Waals surface area contributed by atoms with Crippen LogP contribution in [0.3, 0.4) is 0 Å². The van der Waals surface area contributed by atoms with Crippen LogP contribution in [0.1, 0.15) is 0 Å². The fourth-order valence-electron chi connectivity index (χ4n) is 7.24. The summed E-state index contributed by atoms with van der Waals surface area (Å²) in [6.07, 6.45) is 0. The number of hydrogen-bond donors (Lipinski definition) is 0. The zero-order valence-electron chi connectivity index (χ0n) is 27.5. The Morgan fingerprint density at radius 1 is 0.373 bits per heavy atom. The number of fused-ring (bicyclic) bond motifs is 5. The Morgan fingerprint density at radius 3 is 1.73 bits per heavy atom. The summed E-state index contributed by atoms with van der Waals surface area (Å²) in [6.45, 7) is 0. The molecule has 0 bridgehead atoms. The second kappa shape index (κ2) is 11.9. The van der Waals surface area contributed by atoms with Crippen molar-refractivity contribution in [1.29, 1.82) is 0 Å². The van der Waals surface area contributed by atoms with Crippen LogP contribution in [0.25, 0.3) is 77.5 Å². The van der Waals surface area contributed by atoms with Gasteiger partial charge >= 0.3 is 0 Å². The molecular weight excluding hydrogens is 625 g/mol. The first kappa shape index (κ1) is 29.0.